The van der Waals surface area contributed by atoms with Crippen LogP contribution in [-0.4, -0.2) is 12.9 Å². The highest BCUT2D eigenvalue weighted by Gasteiger charge is 2.09. The van der Waals surface area contributed by atoms with Crippen molar-refractivity contribution in [2.24, 2.45) is 0 Å². The predicted octanol–water partition coefficient (Wildman–Crippen LogP) is 3.74. The number of Topliss-reactive ketones (excluding diaryl/α,β-unsaturated/α-hetero) is 1. The number of aryl methyl sites for hydroxylation is 2. The Hall–Kier alpha value is -2.09. The second-order valence-electron chi connectivity index (χ2n) is 4.76. The van der Waals surface area contributed by atoms with E-state index in [2.05, 4.69) is 13.0 Å². The fourth-order valence-electron chi connectivity index (χ4n) is 2.12. The molecule has 2 nitrogen and oxygen atoms in total. The SMILES string of the molecule is COc1cccc(C(=O)Cc2ccc(C)cc2C)c1. The van der Waals surface area contributed by atoms with Crippen LogP contribution in [0.3, 0.4) is 0 Å². The molecule has 2 rings (SSSR count). The molecule has 0 bridgehead atoms. The molecule has 0 aliphatic rings. The molecular weight excluding hydrogens is 236 g/mol. The monoisotopic (exact) mass is 254 g/mol. The lowest BCUT2D eigenvalue weighted by atomic mass is 9.98. The molecule has 0 fully saturated rings. The molecule has 0 aromatic heterocycles. The molecule has 0 radical (unpaired) electrons. The zero-order valence-electron chi connectivity index (χ0n) is 11.6. The molecule has 19 heavy (non-hydrogen) atoms. The minimum atomic E-state index is 0.117. The third-order valence-corrected chi connectivity index (χ3v) is 3.24. The van der Waals surface area contributed by atoms with Gasteiger partial charge in [0.2, 0.25) is 0 Å². The van der Waals surface area contributed by atoms with Gasteiger partial charge in [-0.15, -0.1) is 0 Å². The summed E-state index contributed by atoms with van der Waals surface area (Å²) in [5, 5.41) is 0. The smallest absolute Gasteiger partial charge is 0.167 e. The molecule has 0 unspecified atom stereocenters. The van der Waals surface area contributed by atoms with Crippen LogP contribution in [0.4, 0.5) is 0 Å². The summed E-state index contributed by atoms with van der Waals surface area (Å²) >= 11 is 0. The van der Waals surface area contributed by atoms with Crippen LogP contribution < -0.4 is 4.74 Å². The Balaban J connectivity index is 2.20. The number of rotatable bonds is 4. The lowest BCUT2D eigenvalue weighted by molar-refractivity contribution is 0.0992. The second kappa shape index (κ2) is 5.70. The van der Waals surface area contributed by atoms with Crippen LogP contribution in [0.2, 0.25) is 0 Å². The molecule has 98 valence electrons. The largest absolute Gasteiger partial charge is 0.497 e. The second-order valence-corrected chi connectivity index (χ2v) is 4.76. The predicted molar refractivity (Wildman–Crippen MR) is 76.9 cm³/mol. The van der Waals surface area contributed by atoms with Crippen molar-refractivity contribution in [3.05, 3.63) is 64.7 Å². The first kappa shape index (κ1) is 13.3. The van der Waals surface area contributed by atoms with E-state index in [0.29, 0.717) is 17.7 Å². The zero-order chi connectivity index (χ0) is 13.8. The van der Waals surface area contributed by atoms with Gasteiger partial charge in [-0.25, -0.2) is 0 Å². The van der Waals surface area contributed by atoms with Crippen molar-refractivity contribution in [1.82, 2.24) is 0 Å². The van der Waals surface area contributed by atoms with E-state index in [1.807, 2.05) is 37.3 Å². The quantitative estimate of drug-likeness (QED) is 0.777. The van der Waals surface area contributed by atoms with Gasteiger partial charge in [0.05, 0.1) is 7.11 Å². The Morgan fingerprint density at radius 3 is 2.58 bits per heavy atom. The molecule has 2 aromatic rings. The third kappa shape index (κ3) is 3.22. The van der Waals surface area contributed by atoms with E-state index in [1.54, 1.807) is 13.2 Å². The van der Waals surface area contributed by atoms with Crippen molar-refractivity contribution < 1.29 is 9.53 Å². The van der Waals surface area contributed by atoms with E-state index in [4.69, 9.17) is 4.74 Å². The maximum atomic E-state index is 12.3. The standard InChI is InChI=1S/C17H18O2/c1-12-7-8-14(13(2)9-12)11-17(18)15-5-4-6-16(10-15)19-3/h4-10H,11H2,1-3H3. The van der Waals surface area contributed by atoms with E-state index in [-0.39, 0.29) is 5.78 Å². The van der Waals surface area contributed by atoms with E-state index in [0.717, 1.165) is 11.1 Å². The summed E-state index contributed by atoms with van der Waals surface area (Å²) in [6.07, 6.45) is 0.430. The number of carbonyl (C=O) groups excluding carboxylic acids is 1. The fraction of sp³-hybridized carbons (Fsp3) is 0.235. The number of ether oxygens (including phenoxy) is 1. The molecule has 0 aliphatic carbocycles. The van der Waals surface area contributed by atoms with Gasteiger partial charge in [0.25, 0.3) is 0 Å². The molecule has 2 heteroatoms. The number of ketones is 1. The average molecular weight is 254 g/mol. The van der Waals surface area contributed by atoms with Crippen LogP contribution in [0.5, 0.6) is 5.75 Å². The van der Waals surface area contributed by atoms with Crippen molar-refractivity contribution >= 4 is 5.78 Å². The van der Waals surface area contributed by atoms with E-state index in [1.165, 1.54) is 5.56 Å². The third-order valence-electron chi connectivity index (χ3n) is 3.24. The van der Waals surface area contributed by atoms with Gasteiger partial charge in [0.15, 0.2) is 5.78 Å². The first-order chi connectivity index (χ1) is 9.10. The van der Waals surface area contributed by atoms with Gasteiger partial charge >= 0.3 is 0 Å². The lowest BCUT2D eigenvalue weighted by Crippen LogP contribution is -2.05. The van der Waals surface area contributed by atoms with Gasteiger partial charge in [0.1, 0.15) is 5.75 Å². The summed E-state index contributed by atoms with van der Waals surface area (Å²) in [5.41, 5.74) is 4.16. The summed E-state index contributed by atoms with van der Waals surface area (Å²) in [4.78, 5) is 12.3. The van der Waals surface area contributed by atoms with Crippen molar-refractivity contribution in [1.29, 1.82) is 0 Å². The summed E-state index contributed by atoms with van der Waals surface area (Å²) in [6, 6.07) is 13.5. The molecule has 2 aromatic carbocycles. The van der Waals surface area contributed by atoms with E-state index < -0.39 is 0 Å². The van der Waals surface area contributed by atoms with Crippen molar-refractivity contribution in [3.63, 3.8) is 0 Å². The van der Waals surface area contributed by atoms with Gasteiger partial charge in [-0.3, -0.25) is 4.79 Å². The zero-order valence-corrected chi connectivity index (χ0v) is 11.6. The molecule has 0 atom stereocenters. The van der Waals surface area contributed by atoms with Crippen LogP contribution in [-0.2, 0) is 6.42 Å². The number of benzene rings is 2. The van der Waals surface area contributed by atoms with Crippen LogP contribution in [0.1, 0.15) is 27.0 Å². The highest BCUT2D eigenvalue weighted by atomic mass is 16.5. The summed E-state index contributed by atoms with van der Waals surface area (Å²) < 4.78 is 5.14. The first-order valence-electron chi connectivity index (χ1n) is 6.33. The van der Waals surface area contributed by atoms with Crippen LogP contribution >= 0.6 is 0 Å². The molecular formula is C17H18O2. The first-order valence-corrected chi connectivity index (χ1v) is 6.33. The Kier molecular flexibility index (Phi) is 4.00. The molecule has 0 aliphatic heterocycles. The minimum absolute atomic E-state index is 0.117. The summed E-state index contributed by atoms with van der Waals surface area (Å²) in [6.45, 7) is 4.10. The van der Waals surface area contributed by atoms with Gasteiger partial charge in [-0.1, -0.05) is 35.9 Å². The maximum absolute atomic E-state index is 12.3. The van der Waals surface area contributed by atoms with E-state index >= 15 is 0 Å². The van der Waals surface area contributed by atoms with Gasteiger partial charge in [-0.05, 0) is 37.1 Å². The fourth-order valence-corrected chi connectivity index (χ4v) is 2.12. The molecule has 0 saturated carbocycles. The van der Waals surface area contributed by atoms with Crippen molar-refractivity contribution in [2.45, 2.75) is 20.3 Å². The van der Waals surface area contributed by atoms with Crippen LogP contribution in [0.25, 0.3) is 0 Å². The molecule has 0 saturated heterocycles. The summed E-state index contributed by atoms with van der Waals surface area (Å²) in [7, 11) is 1.60. The maximum Gasteiger partial charge on any atom is 0.167 e. The highest BCUT2D eigenvalue weighted by molar-refractivity contribution is 5.98. The average Bonchev–Trinajstić information content (AvgIpc) is 2.42. The minimum Gasteiger partial charge on any atom is -0.497 e. The Bertz CT molecular complexity index is 600. The topological polar surface area (TPSA) is 26.3 Å². The summed E-state index contributed by atoms with van der Waals surface area (Å²) in [5.74, 6) is 0.831. The number of hydrogen-bond acceptors (Lipinski definition) is 2. The van der Waals surface area contributed by atoms with E-state index in [9.17, 15) is 4.79 Å². The number of hydrogen-bond donors (Lipinski definition) is 0. The van der Waals surface area contributed by atoms with Crippen molar-refractivity contribution in [3.8, 4) is 5.75 Å². The Labute approximate surface area is 114 Å². The van der Waals surface area contributed by atoms with Crippen molar-refractivity contribution in [2.75, 3.05) is 7.11 Å². The molecule has 0 heterocycles. The normalized spacial score (nSPS) is 10.3. The number of carbonyl (C=O) groups is 1. The van der Waals surface area contributed by atoms with Crippen LogP contribution in [0.15, 0.2) is 42.5 Å². The molecule has 0 amide bonds. The molecule has 0 spiro atoms. The highest BCUT2D eigenvalue weighted by Crippen LogP contribution is 2.17. The van der Waals surface area contributed by atoms with Gasteiger partial charge < -0.3 is 4.74 Å². The van der Waals surface area contributed by atoms with Crippen LogP contribution in [0, 0.1) is 13.8 Å². The van der Waals surface area contributed by atoms with Gasteiger partial charge in [0, 0.05) is 12.0 Å². The lowest BCUT2D eigenvalue weighted by Gasteiger charge is -2.07. The number of methoxy groups -OCH3 is 1. The Morgan fingerprint density at radius 2 is 1.89 bits per heavy atom. The Morgan fingerprint density at radius 1 is 1.11 bits per heavy atom. The molecule has 0 N–H and O–H groups in total. The van der Waals surface area contributed by atoms with Gasteiger partial charge in [-0.2, -0.15) is 0 Å².